The number of amides is 1. The van der Waals surface area contributed by atoms with Crippen molar-refractivity contribution in [3.05, 3.63) is 0 Å². The summed E-state index contributed by atoms with van der Waals surface area (Å²) < 4.78 is 5.18. The predicted molar refractivity (Wildman–Crippen MR) is 68.9 cm³/mol. The summed E-state index contributed by atoms with van der Waals surface area (Å²) in [7, 11) is 2.02. The van der Waals surface area contributed by atoms with E-state index in [-0.39, 0.29) is 11.8 Å². The maximum absolute atomic E-state index is 11.5. The van der Waals surface area contributed by atoms with E-state index in [0.717, 1.165) is 19.5 Å². The molecule has 2 atom stereocenters. The van der Waals surface area contributed by atoms with Gasteiger partial charge in [0.2, 0.25) is 0 Å². The summed E-state index contributed by atoms with van der Waals surface area (Å²) in [6, 6.07) is 2.32. The van der Waals surface area contributed by atoms with Crippen LogP contribution >= 0.6 is 0 Å². The van der Waals surface area contributed by atoms with Crippen LogP contribution in [0.15, 0.2) is 0 Å². The average Bonchev–Trinajstić information content (AvgIpc) is 2.24. The molecular formula is C13H23N3O2. The Hall–Kier alpha value is -1.28. The lowest BCUT2D eigenvalue weighted by atomic mass is 9.87. The van der Waals surface area contributed by atoms with Crippen molar-refractivity contribution in [1.82, 2.24) is 10.2 Å². The number of ether oxygens (including phenoxy) is 1. The second-order valence-corrected chi connectivity index (χ2v) is 5.93. The van der Waals surface area contributed by atoms with Crippen molar-refractivity contribution in [3.63, 3.8) is 0 Å². The number of hydrogen-bond donors (Lipinski definition) is 1. The van der Waals surface area contributed by atoms with Crippen molar-refractivity contribution in [3.8, 4) is 6.07 Å². The van der Waals surface area contributed by atoms with Gasteiger partial charge in [0.05, 0.1) is 12.0 Å². The highest BCUT2D eigenvalue weighted by Gasteiger charge is 2.28. The molecule has 5 heteroatoms. The second kappa shape index (κ2) is 6.05. The first kappa shape index (κ1) is 14.8. The monoisotopic (exact) mass is 253 g/mol. The first-order valence-electron chi connectivity index (χ1n) is 6.37. The van der Waals surface area contributed by atoms with Crippen molar-refractivity contribution in [2.45, 2.75) is 32.8 Å². The fourth-order valence-corrected chi connectivity index (χ4v) is 2.08. The normalized spacial score (nSPS) is 25.3. The number of nitriles is 1. The molecule has 1 amide bonds. The quantitative estimate of drug-likeness (QED) is 0.812. The van der Waals surface area contributed by atoms with Gasteiger partial charge in [0.15, 0.2) is 0 Å². The molecule has 5 nitrogen and oxygen atoms in total. The number of carbonyl (C=O) groups excluding carboxylic acids is 1. The topological polar surface area (TPSA) is 65.4 Å². The Morgan fingerprint density at radius 3 is 2.78 bits per heavy atom. The van der Waals surface area contributed by atoms with Crippen molar-refractivity contribution in [2.75, 3.05) is 26.7 Å². The summed E-state index contributed by atoms with van der Waals surface area (Å²) >= 11 is 0. The Kier molecular flexibility index (Phi) is 4.97. The Balaban J connectivity index is 2.39. The largest absolute Gasteiger partial charge is 0.444 e. The Morgan fingerprint density at radius 1 is 1.56 bits per heavy atom. The summed E-state index contributed by atoms with van der Waals surface area (Å²) in [4.78, 5) is 13.7. The fraction of sp³-hybridized carbons (Fsp3) is 0.846. The number of rotatable bonds is 2. The highest BCUT2D eigenvalue weighted by molar-refractivity contribution is 5.67. The molecule has 0 spiro atoms. The molecule has 0 aromatic carbocycles. The van der Waals surface area contributed by atoms with E-state index in [0.29, 0.717) is 6.54 Å². The standard InChI is InChI=1S/C13H23N3O2/c1-13(2,3)18-12(17)15-8-10-5-6-16(4)9-11(10)7-14/h10-11H,5-6,8-9H2,1-4H3,(H,15,17). The molecule has 1 aliphatic heterocycles. The van der Waals surface area contributed by atoms with Gasteiger partial charge in [-0.05, 0) is 46.7 Å². The summed E-state index contributed by atoms with van der Waals surface area (Å²) in [6.45, 7) is 7.76. The molecule has 1 aliphatic rings. The summed E-state index contributed by atoms with van der Waals surface area (Å²) in [5.74, 6) is 0.206. The molecule has 0 aromatic rings. The Bertz CT molecular complexity index is 330. The zero-order valence-electron chi connectivity index (χ0n) is 11.7. The smallest absolute Gasteiger partial charge is 0.407 e. The van der Waals surface area contributed by atoms with E-state index in [4.69, 9.17) is 10.00 Å². The Morgan fingerprint density at radius 2 is 2.22 bits per heavy atom. The lowest BCUT2D eigenvalue weighted by Gasteiger charge is -2.33. The maximum Gasteiger partial charge on any atom is 0.407 e. The van der Waals surface area contributed by atoms with E-state index in [1.807, 2.05) is 27.8 Å². The van der Waals surface area contributed by atoms with Crippen LogP contribution < -0.4 is 5.32 Å². The number of carbonyl (C=O) groups is 1. The van der Waals surface area contributed by atoms with Gasteiger partial charge in [0.25, 0.3) is 0 Å². The van der Waals surface area contributed by atoms with Crippen LogP contribution in [0, 0.1) is 23.2 Å². The van der Waals surface area contributed by atoms with Crippen molar-refractivity contribution < 1.29 is 9.53 Å². The molecular weight excluding hydrogens is 230 g/mol. The van der Waals surface area contributed by atoms with Gasteiger partial charge < -0.3 is 15.0 Å². The predicted octanol–water partition coefficient (Wildman–Crippen LogP) is 1.60. The highest BCUT2D eigenvalue weighted by atomic mass is 16.6. The minimum Gasteiger partial charge on any atom is -0.444 e. The van der Waals surface area contributed by atoms with Gasteiger partial charge in [-0.2, -0.15) is 5.26 Å². The molecule has 1 N–H and O–H groups in total. The third-order valence-electron chi connectivity index (χ3n) is 3.03. The van der Waals surface area contributed by atoms with E-state index in [2.05, 4.69) is 16.3 Å². The van der Waals surface area contributed by atoms with Gasteiger partial charge in [-0.15, -0.1) is 0 Å². The number of nitrogens with one attached hydrogen (secondary N) is 1. The number of piperidine rings is 1. The molecule has 0 aromatic heterocycles. The van der Waals surface area contributed by atoms with Crippen molar-refractivity contribution in [1.29, 1.82) is 5.26 Å². The van der Waals surface area contributed by atoms with Gasteiger partial charge in [-0.25, -0.2) is 4.79 Å². The molecule has 1 heterocycles. The first-order valence-corrected chi connectivity index (χ1v) is 6.37. The zero-order valence-corrected chi connectivity index (χ0v) is 11.7. The third kappa shape index (κ3) is 4.92. The summed E-state index contributed by atoms with van der Waals surface area (Å²) in [6.07, 6.45) is 0.531. The second-order valence-electron chi connectivity index (χ2n) is 5.93. The van der Waals surface area contributed by atoms with Crippen LogP contribution in [-0.4, -0.2) is 43.3 Å². The lowest BCUT2D eigenvalue weighted by Crippen LogP contribution is -2.43. The molecule has 18 heavy (non-hydrogen) atoms. The van der Waals surface area contributed by atoms with E-state index >= 15 is 0 Å². The third-order valence-corrected chi connectivity index (χ3v) is 3.03. The average molecular weight is 253 g/mol. The van der Waals surface area contributed by atoms with Gasteiger partial charge in [0, 0.05) is 13.1 Å². The number of nitrogens with zero attached hydrogens (tertiary/aromatic N) is 2. The molecule has 0 saturated carbocycles. The van der Waals surface area contributed by atoms with Crippen LogP contribution in [0.4, 0.5) is 4.79 Å². The van der Waals surface area contributed by atoms with Crippen molar-refractivity contribution in [2.24, 2.45) is 11.8 Å². The maximum atomic E-state index is 11.5. The molecule has 102 valence electrons. The van der Waals surface area contributed by atoms with Crippen LogP contribution in [-0.2, 0) is 4.74 Å². The van der Waals surface area contributed by atoms with E-state index in [9.17, 15) is 4.79 Å². The van der Waals surface area contributed by atoms with Crippen LogP contribution in [0.2, 0.25) is 0 Å². The molecule has 1 rings (SSSR count). The van der Waals surface area contributed by atoms with Crippen LogP contribution in [0.3, 0.4) is 0 Å². The number of hydrogen-bond acceptors (Lipinski definition) is 4. The van der Waals surface area contributed by atoms with Crippen LogP contribution in [0.5, 0.6) is 0 Å². The molecule has 1 saturated heterocycles. The van der Waals surface area contributed by atoms with Gasteiger partial charge >= 0.3 is 6.09 Å². The van der Waals surface area contributed by atoms with Crippen LogP contribution in [0.1, 0.15) is 27.2 Å². The molecule has 0 aliphatic carbocycles. The summed E-state index contributed by atoms with van der Waals surface area (Å²) in [5, 5.41) is 11.9. The first-order chi connectivity index (χ1) is 8.31. The number of likely N-dealkylation sites (tertiary alicyclic amines) is 1. The minimum atomic E-state index is -0.481. The SMILES string of the molecule is CN1CCC(CNC(=O)OC(C)(C)C)C(C#N)C1. The van der Waals surface area contributed by atoms with Gasteiger partial charge in [-0.3, -0.25) is 0 Å². The van der Waals surface area contributed by atoms with E-state index in [1.54, 1.807) is 0 Å². The van der Waals surface area contributed by atoms with E-state index in [1.165, 1.54) is 0 Å². The Labute approximate surface area is 109 Å². The highest BCUT2D eigenvalue weighted by Crippen LogP contribution is 2.21. The number of alkyl carbamates (subject to hydrolysis) is 1. The van der Waals surface area contributed by atoms with Crippen molar-refractivity contribution >= 4 is 6.09 Å². The minimum absolute atomic E-state index is 0.0151. The van der Waals surface area contributed by atoms with E-state index < -0.39 is 11.7 Å². The zero-order chi connectivity index (χ0) is 13.8. The molecule has 2 unspecified atom stereocenters. The van der Waals surface area contributed by atoms with Gasteiger partial charge in [-0.1, -0.05) is 0 Å². The summed E-state index contributed by atoms with van der Waals surface area (Å²) in [5.41, 5.74) is -0.481. The fourth-order valence-electron chi connectivity index (χ4n) is 2.08. The molecule has 0 bridgehead atoms. The van der Waals surface area contributed by atoms with Crippen LogP contribution in [0.25, 0.3) is 0 Å². The molecule has 0 radical (unpaired) electrons. The molecule has 1 fully saturated rings. The van der Waals surface area contributed by atoms with Gasteiger partial charge in [0.1, 0.15) is 5.60 Å². The lowest BCUT2D eigenvalue weighted by molar-refractivity contribution is 0.0504.